The number of rotatable bonds is 1. The van der Waals surface area contributed by atoms with E-state index in [4.69, 9.17) is 0 Å². The minimum absolute atomic E-state index is 0.297. The van der Waals surface area contributed by atoms with Crippen molar-refractivity contribution in [2.75, 3.05) is 0 Å². The Labute approximate surface area is 77.7 Å². The van der Waals surface area contributed by atoms with Crippen LogP contribution in [0.1, 0.15) is 0 Å². The van der Waals surface area contributed by atoms with E-state index in [9.17, 15) is 8.76 Å². The highest BCUT2D eigenvalue weighted by Gasteiger charge is 1.99. The number of nitrogens with zero attached hydrogens (tertiary/aromatic N) is 1. The number of aromatic nitrogens is 1. The molecule has 2 aromatic rings. The Bertz CT molecular complexity index is 465. The maximum atomic E-state index is 10.8. The summed E-state index contributed by atoms with van der Waals surface area (Å²) in [4.78, 5) is 4.18. The van der Waals surface area contributed by atoms with Gasteiger partial charge in [0.15, 0.2) is 0 Å². The number of hydrogen-bond donors (Lipinski definition) is 0. The Morgan fingerprint density at radius 2 is 2.15 bits per heavy atom. The van der Waals surface area contributed by atoms with Crippen molar-refractivity contribution in [3.8, 4) is 0 Å². The fourth-order valence-corrected chi connectivity index (χ4v) is 1.77. The average Bonchev–Trinajstić information content (AvgIpc) is 2.17. The summed E-state index contributed by atoms with van der Waals surface area (Å²) in [6.07, 6.45) is 3.19. The van der Waals surface area contributed by atoms with Crippen molar-refractivity contribution in [1.82, 2.24) is 4.98 Å². The van der Waals surface area contributed by atoms with E-state index in [2.05, 4.69) is 4.98 Å². The van der Waals surface area contributed by atoms with Gasteiger partial charge in [0.25, 0.3) is 0 Å². The molecule has 4 heteroatoms. The predicted molar refractivity (Wildman–Crippen MR) is 48.9 cm³/mol. The van der Waals surface area contributed by atoms with Crippen LogP contribution in [0.4, 0.5) is 0 Å². The molecule has 1 aromatic heterocycles. The molecule has 13 heavy (non-hydrogen) atoms. The molecule has 0 aliphatic heterocycles. The Balaban J connectivity index is 2.83. The summed E-state index contributed by atoms with van der Waals surface area (Å²) in [5.74, 6) is 0. The Morgan fingerprint density at radius 1 is 1.31 bits per heavy atom. The number of pyridine rings is 1. The lowest BCUT2D eigenvalue weighted by Crippen LogP contribution is -1.90. The van der Waals surface area contributed by atoms with Crippen molar-refractivity contribution < 1.29 is 8.76 Å². The Morgan fingerprint density at radius 3 is 2.92 bits per heavy atom. The molecule has 0 radical (unpaired) electrons. The van der Waals surface area contributed by atoms with Crippen LogP contribution in [0.5, 0.6) is 0 Å². The van der Waals surface area contributed by atoms with Gasteiger partial charge in [-0.25, -0.2) is 0 Å². The van der Waals surface area contributed by atoms with Crippen molar-refractivity contribution in [3.63, 3.8) is 0 Å². The molecule has 0 N–H and O–H groups in total. The van der Waals surface area contributed by atoms with Gasteiger partial charge >= 0.3 is 0 Å². The van der Waals surface area contributed by atoms with Crippen LogP contribution in [0.25, 0.3) is 10.8 Å². The standard InChI is InChI=1S/C9H7NO2S/c11-13(12)9-3-1-2-7-4-5-10-6-8(7)9/h1-6H,(H,11,12)/p-1. The third-order valence-electron chi connectivity index (χ3n) is 1.82. The first-order valence-electron chi connectivity index (χ1n) is 3.71. The minimum atomic E-state index is -2.19. The normalized spacial score (nSPS) is 13.0. The summed E-state index contributed by atoms with van der Waals surface area (Å²) in [6.45, 7) is 0. The molecule has 3 nitrogen and oxygen atoms in total. The quantitative estimate of drug-likeness (QED) is 0.643. The van der Waals surface area contributed by atoms with E-state index in [1.165, 1.54) is 0 Å². The van der Waals surface area contributed by atoms with Gasteiger partial charge in [-0.2, -0.15) is 0 Å². The van der Waals surface area contributed by atoms with Crippen molar-refractivity contribution in [2.45, 2.75) is 4.90 Å². The molecule has 0 amide bonds. The second kappa shape index (κ2) is 3.24. The van der Waals surface area contributed by atoms with Crippen LogP contribution in [0.2, 0.25) is 0 Å². The number of benzene rings is 1. The summed E-state index contributed by atoms with van der Waals surface area (Å²) >= 11 is -2.19. The van der Waals surface area contributed by atoms with E-state index in [0.29, 0.717) is 10.3 Å². The molecule has 0 saturated heterocycles. The topological polar surface area (TPSA) is 53.0 Å². The first-order chi connectivity index (χ1) is 6.29. The fraction of sp³-hybridized carbons (Fsp3) is 0. The van der Waals surface area contributed by atoms with Gasteiger partial charge < -0.3 is 4.55 Å². The zero-order valence-electron chi connectivity index (χ0n) is 6.64. The summed E-state index contributed by atoms with van der Waals surface area (Å²) in [7, 11) is 0. The maximum absolute atomic E-state index is 10.8. The van der Waals surface area contributed by atoms with Crippen LogP contribution in [0, 0.1) is 0 Å². The smallest absolute Gasteiger partial charge is 0.0358 e. The summed E-state index contributed by atoms with van der Waals surface area (Å²) < 4.78 is 21.6. The van der Waals surface area contributed by atoms with Crippen molar-refractivity contribution in [1.29, 1.82) is 0 Å². The van der Waals surface area contributed by atoms with Crippen molar-refractivity contribution in [2.24, 2.45) is 0 Å². The van der Waals surface area contributed by atoms with E-state index in [0.717, 1.165) is 5.39 Å². The summed E-state index contributed by atoms with van der Waals surface area (Å²) in [5.41, 5.74) is 0. The third-order valence-corrected chi connectivity index (χ3v) is 2.54. The average molecular weight is 192 g/mol. The van der Waals surface area contributed by atoms with Gasteiger partial charge in [-0.3, -0.25) is 9.19 Å². The molecule has 0 saturated carbocycles. The van der Waals surface area contributed by atoms with Gasteiger partial charge in [0.05, 0.1) is 0 Å². The van der Waals surface area contributed by atoms with Gasteiger partial charge in [-0.15, -0.1) is 0 Å². The van der Waals surface area contributed by atoms with Crippen molar-refractivity contribution >= 4 is 21.9 Å². The van der Waals surface area contributed by atoms with E-state index < -0.39 is 11.1 Å². The molecule has 0 aliphatic carbocycles. The van der Waals surface area contributed by atoms with Crippen LogP contribution in [-0.2, 0) is 11.1 Å². The molecule has 1 atom stereocenters. The molecular weight excluding hydrogens is 186 g/mol. The van der Waals surface area contributed by atoms with Crippen LogP contribution in [-0.4, -0.2) is 13.7 Å². The predicted octanol–water partition coefficient (Wildman–Crippen LogP) is 1.47. The van der Waals surface area contributed by atoms with Gasteiger partial charge in [0, 0.05) is 22.7 Å². The van der Waals surface area contributed by atoms with Crippen LogP contribution < -0.4 is 0 Å². The molecule has 0 fully saturated rings. The van der Waals surface area contributed by atoms with Gasteiger partial charge in [0.1, 0.15) is 0 Å². The van der Waals surface area contributed by atoms with Crippen LogP contribution in [0.15, 0.2) is 41.6 Å². The van der Waals surface area contributed by atoms with Crippen LogP contribution >= 0.6 is 0 Å². The van der Waals surface area contributed by atoms with Gasteiger partial charge in [-0.1, -0.05) is 12.1 Å². The molecule has 1 unspecified atom stereocenters. The van der Waals surface area contributed by atoms with E-state index in [-0.39, 0.29) is 0 Å². The molecule has 0 spiro atoms. The molecular formula is C9H6NO2S-. The number of fused-ring (bicyclic) bond motifs is 1. The Hall–Kier alpha value is -1.26. The SMILES string of the molecule is O=S([O-])c1cccc2ccncc12. The molecule has 2 rings (SSSR count). The Kier molecular flexibility index (Phi) is 2.08. The third kappa shape index (κ3) is 1.46. The lowest BCUT2D eigenvalue weighted by Gasteiger charge is -2.07. The zero-order valence-corrected chi connectivity index (χ0v) is 7.45. The second-order valence-electron chi connectivity index (χ2n) is 2.59. The molecule has 66 valence electrons. The molecule has 1 aromatic carbocycles. The largest absolute Gasteiger partial charge is 0.768 e. The number of hydrogen-bond acceptors (Lipinski definition) is 3. The fourth-order valence-electron chi connectivity index (χ4n) is 1.23. The summed E-state index contributed by atoms with van der Waals surface area (Å²) in [5, 5.41) is 1.55. The highest BCUT2D eigenvalue weighted by atomic mass is 32.2. The van der Waals surface area contributed by atoms with Crippen LogP contribution in [0.3, 0.4) is 0 Å². The maximum Gasteiger partial charge on any atom is 0.0358 e. The highest BCUT2D eigenvalue weighted by molar-refractivity contribution is 7.79. The molecule has 0 aliphatic rings. The summed E-state index contributed by atoms with van der Waals surface area (Å²) in [6, 6.07) is 6.92. The lowest BCUT2D eigenvalue weighted by molar-refractivity contribution is 0.538. The van der Waals surface area contributed by atoms with E-state index >= 15 is 0 Å². The van der Waals surface area contributed by atoms with E-state index in [1.54, 1.807) is 30.6 Å². The molecule has 1 heterocycles. The monoisotopic (exact) mass is 192 g/mol. The van der Waals surface area contributed by atoms with Crippen molar-refractivity contribution in [3.05, 3.63) is 36.7 Å². The first kappa shape index (κ1) is 8.34. The first-order valence-corrected chi connectivity index (χ1v) is 4.78. The lowest BCUT2D eigenvalue weighted by atomic mass is 10.2. The zero-order chi connectivity index (χ0) is 9.26. The van der Waals surface area contributed by atoms with E-state index in [1.807, 2.05) is 6.07 Å². The van der Waals surface area contributed by atoms with Gasteiger partial charge in [-0.05, 0) is 28.6 Å². The van der Waals surface area contributed by atoms with Gasteiger partial charge in [0.2, 0.25) is 0 Å². The second-order valence-corrected chi connectivity index (χ2v) is 3.50. The minimum Gasteiger partial charge on any atom is -0.768 e. The highest BCUT2D eigenvalue weighted by Crippen LogP contribution is 2.19. The molecule has 0 bridgehead atoms.